The molecule has 0 aromatic heterocycles. The highest BCUT2D eigenvalue weighted by Gasteiger charge is 2.04. The topological polar surface area (TPSA) is 92.2 Å². The average molecular weight is 131 g/mol. The molecule has 4 heteroatoms. The second-order valence-corrected chi connectivity index (χ2v) is 2.14. The lowest BCUT2D eigenvalue weighted by Crippen LogP contribution is -2.44. The fourth-order valence-corrected chi connectivity index (χ4v) is 0.497. The van der Waals surface area contributed by atoms with Gasteiger partial charge in [-0.3, -0.25) is 0 Å². The van der Waals surface area contributed by atoms with Crippen molar-refractivity contribution in [3.05, 3.63) is 0 Å². The van der Waals surface area contributed by atoms with Crippen molar-refractivity contribution in [2.45, 2.75) is 25.4 Å². The Hall–Kier alpha value is -0.610. The van der Waals surface area contributed by atoms with Crippen LogP contribution in [0.15, 0.2) is 0 Å². The minimum atomic E-state index is -1.24. The van der Waals surface area contributed by atoms with Crippen LogP contribution in [0, 0.1) is 0 Å². The van der Waals surface area contributed by atoms with Gasteiger partial charge in [0.1, 0.15) is 0 Å². The third-order valence-corrected chi connectivity index (χ3v) is 0.928. The van der Waals surface area contributed by atoms with Crippen LogP contribution in [0.1, 0.15) is 13.3 Å². The number of carboxylic acid groups (broad SMARTS) is 1. The molecule has 0 rings (SSSR count). The monoisotopic (exact) mass is 131 g/mol. The normalized spacial score (nSPS) is 16.8. The Kier molecular flexibility index (Phi) is 3.19. The van der Waals surface area contributed by atoms with Crippen molar-refractivity contribution in [2.24, 2.45) is 11.5 Å². The standard InChI is InChI=1S/C5H12N2O2/c1-3(6)2-4(7)5(8)9/h3-4H,2,6-7H2,1H3,(H,8,9)/p-1. The molecule has 0 aliphatic carbocycles. The molecular weight excluding hydrogens is 120 g/mol. The van der Waals surface area contributed by atoms with Crippen LogP contribution in [0.2, 0.25) is 0 Å². The molecule has 0 saturated heterocycles. The highest BCUT2D eigenvalue weighted by molar-refractivity contribution is 5.70. The van der Waals surface area contributed by atoms with Crippen molar-refractivity contribution in [3.63, 3.8) is 0 Å². The lowest BCUT2D eigenvalue weighted by Gasteiger charge is -2.13. The molecular formula is C5H11N2O2-. The van der Waals surface area contributed by atoms with E-state index in [1.807, 2.05) is 0 Å². The van der Waals surface area contributed by atoms with Crippen LogP contribution >= 0.6 is 0 Å². The third-order valence-electron chi connectivity index (χ3n) is 0.928. The summed E-state index contributed by atoms with van der Waals surface area (Å²) in [5.74, 6) is -1.24. The molecule has 0 spiro atoms. The Balaban J connectivity index is 3.50. The second-order valence-electron chi connectivity index (χ2n) is 2.14. The molecule has 54 valence electrons. The van der Waals surface area contributed by atoms with Crippen molar-refractivity contribution in [1.82, 2.24) is 0 Å². The maximum atomic E-state index is 9.94. The van der Waals surface area contributed by atoms with Crippen LogP contribution in [-0.2, 0) is 4.79 Å². The molecule has 0 saturated carbocycles. The van der Waals surface area contributed by atoms with Gasteiger partial charge in [0.05, 0.1) is 5.97 Å². The van der Waals surface area contributed by atoms with Crippen LogP contribution in [0.25, 0.3) is 0 Å². The fraction of sp³-hybridized carbons (Fsp3) is 0.800. The van der Waals surface area contributed by atoms with E-state index in [4.69, 9.17) is 11.5 Å². The number of carbonyl (C=O) groups excluding carboxylic acids is 1. The van der Waals surface area contributed by atoms with Crippen LogP contribution in [0.3, 0.4) is 0 Å². The molecule has 0 aromatic rings. The largest absolute Gasteiger partial charge is 0.548 e. The Bertz CT molecular complexity index is 103. The van der Waals surface area contributed by atoms with Crippen LogP contribution in [0.4, 0.5) is 0 Å². The van der Waals surface area contributed by atoms with Gasteiger partial charge in [0.25, 0.3) is 0 Å². The summed E-state index contributed by atoms with van der Waals surface area (Å²) in [6, 6.07) is -1.11. The van der Waals surface area contributed by atoms with Crippen molar-refractivity contribution in [2.75, 3.05) is 0 Å². The van der Waals surface area contributed by atoms with E-state index >= 15 is 0 Å². The summed E-state index contributed by atoms with van der Waals surface area (Å²) < 4.78 is 0. The van der Waals surface area contributed by atoms with E-state index in [9.17, 15) is 9.90 Å². The number of nitrogens with two attached hydrogens (primary N) is 2. The number of rotatable bonds is 3. The van der Waals surface area contributed by atoms with E-state index in [0.717, 1.165) is 0 Å². The number of carboxylic acids is 1. The lowest BCUT2D eigenvalue weighted by molar-refractivity contribution is -0.307. The van der Waals surface area contributed by atoms with Gasteiger partial charge in [0.2, 0.25) is 0 Å². The fourth-order valence-electron chi connectivity index (χ4n) is 0.497. The van der Waals surface area contributed by atoms with E-state index in [-0.39, 0.29) is 12.5 Å². The minimum Gasteiger partial charge on any atom is -0.548 e. The zero-order valence-corrected chi connectivity index (χ0v) is 5.33. The Morgan fingerprint density at radius 3 is 2.22 bits per heavy atom. The van der Waals surface area contributed by atoms with Gasteiger partial charge in [0.15, 0.2) is 0 Å². The Morgan fingerprint density at radius 2 is 2.11 bits per heavy atom. The Labute approximate surface area is 53.8 Å². The van der Waals surface area contributed by atoms with Gasteiger partial charge in [-0.1, -0.05) is 0 Å². The predicted molar refractivity (Wildman–Crippen MR) is 31.2 cm³/mol. The highest BCUT2D eigenvalue weighted by atomic mass is 16.4. The minimum absolute atomic E-state index is 0.183. The zero-order valence-electron chi connectivity index (χ0n) is 5.33. The molecule has 4 nitrogen and oxygen atoms in total. The van der Waals surface area contributed by atoms with Crippen LogP contribution < -0.4 is 16.6 Å². The molecule has 9 heavy (non-hydrogen) atoms. The van der Waals surface area contributed by atoms with Gasteiger partial charge in [0, 0.05) is 12.1 Å². The van der Waals surface area contributed by atoms with Crippen molar-refractivity contribution >= 4 is 5.97 Å². The van der Waals surface area contributed by atoms with E-state index in [2.05, 4.69) is 0 Å². The summed E-state index contributed by atoms with van der Waals surface area (Å²) in [6.07, 6.45) is 0.266. The molecule has 0 heterocycles. The summed E-state index contributed by atoms with van der Waals surface area (Å²) in [5, 5.41) is 9.94. The van der Waals surface area contributed by atoms with E-state index < -0.39 is 12.0 Å². The summed E-state index contributed by atoms with van der Waals surface area (Å²) in [5.41, 5.74) is 10.3. The van der Waals surface area contributed by atoms with Gasteiger partial charge >= 0.3 is 0 Å². The molecule has 0 fully saturated rings. The van der Waals surface area contributed by atoms with E-state index in [1.165, 1.54) is 0 Å². The maximum Gasteiger partial charge on any atom is 0.0582 e. The van der Waals surface area contributed by atoms with Gasteiger partial charge in [-0.25, -0.2) is 0 Å². The number of hydrogen-bond donors (Lipinski definition) is 2. The summed E-state index contributed by atoms with van der Waals surface area (Å²) in [4.78, 5) is 9.94. The SMILES string of the molecule is CC(N)CC(N)C(=O)[O-]. The van der Waals surface area contributed by atoms with Crippen LogP contribution in [0.5, 0.6) is 0 Å². The zero-order chi connectivity index (χ0) is 7.44. The first-order valence-corrected chi connectivity index (χ1v) is 2.76. The smallest absolute Gasteiger partial charge is 0.0582 e. The summed E-state index contributed by atoms with van der Waals surface area (Å²) >= 11 is 0. The van der Waals surface area contributed by atoms with Gasteiger partial charge < -0.3 is 21.4 Å². The molecule has 0 aliphatic heterocycles. The first kappa shape index (κ1) is 8.39. The molecule has 0 radical (unpaired) electrons. The Morgan fingerprint density at radius 1 is 1.67 bits per heavy atom. The van der Waals surface area contributed by atoms with E-state index in [0.29, 0.717) is 0 Å². The van der Waals surface area contributed by atoms with Gasteiger partial charge in [-0.2, -0.15) is 0 Å². The first-order chi connectivity index (χ1) is 4.04. The number of carbonyl (C=O) groups is 1. The van der Waals surface area contributed by atoms with Crippen LogP contribution in [-0.4, -0.2) is 18.1 Å². The average Bonchev–Trinajstić information content (AvgIpc) is 1.63. The van der Waals surface area contributed by atoms with Crippen molar-refractivity contribution in [3.8, 4) is 0 Å². The third kappa shape index (κ3) is 3.93. The van der Waals surface area contributed by atoms with E-state index in [1.54, 1.807) is 6.92 Å². The predicted octanol–water partition coefficient (Wildman–Crippen LogP) is -2.20. The van der Waals surface area contributed by atoms with Crippen molar-refractivity contribution < 1.29 is 9.90 Å². The maximum absolute atomic E-state index is 9.94. The van der Waals surface area contributed by atoms with Gasteiger partial charge in [-0.05, 0) is 13.3 Å². The number of hydrogen-bond acceptors (Lipinski definition) is 4. The molecule has 4 N–H and O–H groups in total. The van der Waals surface area contributed by atoms with Gasteiger partial charge in [-0.15, -0.1) is 0 Å². The quantitative estimate of drug-likeness (QED) is 0.454. The summed E-state index contributed by atoms with van der Waals surface area (Å²) in [7, 11) is 0. The first-order valence-electron chi connectivity index (χ1n) is 2.76. The highest BCUT2D eigenvalue weighted by Crippen LogP contribution is 1.89. The lowest BCUT2D eigenvalue weighted by atomic mass is 10.1. The summed E-state index contributed by atoms with van der Waals surface area (Å²) in [6.45, 7) is 1.70. The molecule has 0 aromatic carbocycles. The molecule has 0 aliphatic rings. The van der Waals surface area contributed by atoms with Crippen molar-refractivity contribution in [1.29, 1.82) is 0 Å². The molecule has 0 bridgehead atoms. The number of aliphatic carboxylic acids is 1. The molecule has 2 atom stereocenters. The molecule has 2 unspecified atom stereocenters. The molecule has 0 amide bonds. The second kappa shape index (κ2) is 3.42.